The molecule has 0 aliphatic rings. The fourth-order valence-corrected chi connectivity index (χ4v) is 1.55. The summed E-state index contributed by atoms with van der Waals surface area (Å²) < 4.78 is 5.22. The van der Waals surface area contributed by atoms with Crippen LogP contribution in [0.25, 0.3) is 0 Å². The Morgan fingerprint density at radius 1 is 1.29 bits per heavy atom. The predicted octanol–water partition coefficient (Wildman–Crippen LogP) is 1.23. The molecule has 0 bridgehead atoms. The van der Waals surface area contributed by atoms with Crippen molar-refractivity contribution in [2.45, 2.75) is 58.2 Å². The Morgan fingerprint density at radius 2 is 1.82 bits per heavy atom. The quantitative estimate of drug-likeness (QED) is 0.681. The molecule has 0 aromatic carbocycles. The summed E-state index contributed by atoms with van der Waals surface area (Å²) in [5, 5.41) is 5.97. The number of hydrogen-bond donors (Lipinski definition) is 3. The van der Waals surface area contributed by atoms with Gasteiger partial charge in [0.25, 0.3) is 0 Å². The molecule has 1 amide bonds. The first kappa shape index (κ1) is 16.2. The molecular weight excluding hydrogens is 218 g/mol. The van der Waals surface area contributed by atoms with Gasteiger partial charge in [-0.1, -0.05) is 0 Å². The molecule has 4 N–H and O–H groups in total. The number of nitrogens with one attached hydrogen (secondary N) is 2. The summed E-state index contributed by atoms with van der Waals surface area (Å²) in [6, 6.07) is 0.180. The van der Waals surface area contributed by atoms with Crippen molar-refractivity contribution < 1.29 is 9.53 Å². The van der Waals surface area contributed by atoms with Gasteiger partial charge in [-0.2, -0.15) is 0 Å². The molecule has 0 saturated carbocycles. The number of rotatable bonds is 5. The summed E-state index contributed by atoms with van der Waals surface area (Å²) in [5.41, 5.74) is 4.79. The third kappa shape index (κ3) is 7.99. The number of nitrogens with two attached hydrogens (primary N) is 1. The highest BCUT2D eigenvalue weighted by atomic mass is 16.6. The first-order valence-electron chi connectivity index (χ1n) is 5.98. The monoisotopic (exact) mass is 245 g/mol. The van der Waals surface area contributed by atoms with Crippen LogP contribution < -0.4 is 16.4 Å². The van der Waals surface area contributed by atoms with E-state index in [-0.39, 0.29) is 11.6 Å². The molecule has 0 aromatic heterocycles. The standard InChI is InChI=1S/C12H27N3O2/c1-11(2,3)17-10(16)15-12(4,5)7-9(8-13)14-6/h9,14H,7-8,13H2,1-6H3,(H,15,16). The summed E-state index contributed by atoms with van der Waals surface area (Å²) >= 11 is 0. The van der Waals surface area contributed by atoms with Gasteiger partial charge in [0.1, 0.15) is 5.60 Å². The highest BCUT2D eigenvalue weighted by molar-refractivity contribution is 5.68. The van der Waals surface area contributed by atoms with E-state index in [4.69, 9.17) is 10.5 Å². The predicted molar refractivity (Wildman–Crippen MR) is 70.0 cm³/mol. The van der Waals surface area contributed by atoms with Crippen molar-refractivity contribution in [3.8, 4) is 0 Å². The van der Waals surface area contributed by atoms with E-state index < -0.39 is 11.7 Å². The second-order valence-electron chi connectivity index (χ2n) is 5.94. The van der Waals surface area contributed by atoms with Crippen LogP contribution in [0.5, 0.6) is 0 Å². The van der Waals surface area contributed by atoms with Crippen molar-refractivity contribution in [2.24, 2.45) is 5.73 Å². The molecule has 5 heteroatoms. The number of hydrogen-bond acceptors (Lipinski definition) is 4. The van der Waals surface area contributed by atoms with Crippen molar-refractivity contribution in [3.05, 3.63) is 0 Å². The maximum Gasteiger partial charge on any atom is 0.408 e. The van der Waals surface area contributed by atoms with E-state index in [2.05, 4.69) is 10.6 Å². The normalized spacial score (nSPS) is 14.3. The average Bonchev–Trinajstić information content (AvgIpc) is 2.09. The van der Waals surface area contributed by atoms with Crippen LogP contribution in [0.1, 0.15) is 41.0 Å². The Bertz CT molecular complexity index is 243. The molecule has 17 heavy (non-hydrogen) atoms. The van der Waals surface area contributed by atoms with Crippen molar-refractivity contribution in [2.75, 3.05) is 13.6 Å². The summed E-state index contributed by atoms with van der Waals surface area (Å²) in [6.45, 7) is 9.98. The zero-order valence-corrected chi connectivity index (χ0v) is 11.9. The fraction of sp³-hybridized carbons (Fsp3) is 0.917. The van der Waals surface area contributed by atoms with Crippen LogP contribution in [-0.4, -0.2) is 36.9 Å². The number of likely N-dealkylation sites (N-methyl/N-ethyl adjacent to an activating group) is 1. The van der Waals surface area contributed by atoms with Crippen molar-refractivity contribution in [1.29, 1.82) is 0 Å². The zero-order valence-electron chi connectivity index (χ0n) is 11.9. The molecule has 0 radical (unpaired) electrons. The lowest BCUT2D eigenvalue weighted by atomic mass is 9.95. The summed E-state index contributed by atoms with van der Waals surface area (Å²) in [4.78, 5) is 11.6. The maximum absolute atomic E-state index is 11.6. The van der Waals surface area contributed by atoms with Crippen molar-refractivity contribution in [3.63, 3.8) is 0 Å². The van der Waals surface area contributed by atoms with Gasteiger partial charge in [-0.15, -0.1) is 0 Å². The van der Waals surface area contributed by atoms with Gasteiger partial charge in [-0.05, 0) is 48.1 Å². The van der Waals surface area contributed by atoms with E-state index in [0.717, 1.165) is 6.42 Å². The number of amides is 1. The highest BCUT2D eigenvalue weighted by Crippen LogP contribution is 2.13. The number of alkyl carbamates (subject to hydrolysis) is 1. The Kier molecular flexibility index (Phi) is 5.92. The Balaban J connectivity index is 4.29. The summed E-state index contributed by atoms with van der Waals surface area (Å²) in [6.07, 6.45) is 0.355. The topological polar surface area (TPSA) is 76.4 Å². The van der Waals surface area contributed by atoms with Gasteiger partial charge in [-0.3, -0.25) is 0 Å². The Labute approximate surface area is 104 Å². The van der Waals surface area contributed by atoms with Crippen LogP contribution in [0.15, 0.2) is 0 Å². The lowest BCUT2D eigenvalue weighted by Gasteiger charge is -2.31. The van der Waals surface area contributed by atoms with Crippen LogP contribution in [0.3, 0.4) is 0 Å². The Hall–Kier alpha value is -0.810. The average molecular weight is 245 g/mol. The van der Waals surface area contributed by atoms with E-state index in [1.54, 1.807) is 0 Å². The number of carbonyl (C=O) groups excluding carboxylic acids is 1. The van der Waals surface area contributed by atoms with Crippen molar-refractivity contribution >= 4 is 6.09 Å². The lowest BCUT2D eigenvalue weighted by Crippen LogP contribution is -2.50. The first-order valence-corrected chi connectivity index (χ1v) is 5.98. The molecule has 1 unspecified atom stereocenters. The van der Waals surface area contributed by atoms with Crippen LogP contribution in [0.2, 0.25) is 0 Å². The van der Waals surface area contributed by atoms with Gasteiger partial charge in [0.2, 0.25) is 0 Å². The van der Waals surface area contributed by atoms with Crippen LogP contribution in [0, 0.1) is 0 Å². The third-order valence-electron chi connectivity index (χ3n) is 2.29. The van der Waals surface area contributed by atoms with Gasteiger partial charge in [0, 0.05) is 18.1 Å². The molecule has 102 valence electrons. The molecule has 0 heterocycles. The van der Waals surface area contributed by atoms with E-state index in [9.17, 15) is 4.79 Å². The summed E-state index contributed by atoms with van der Waals surface area (Å²) in [7, 11) is 1.86. The maximum atomic E-state index is 11.6. The molecule has 1 atom stereocenters. The molecule has 0 rings (SSSR count). The minimum Gasteiger partial charge on any atom is -0.444 e. The molecule has 0 saturated heterocycles. The van der Waals surface area contributed by atoms with Gasteiger partial charge < -0.3 is 21.1 Å². The minimum atomic E-state index is -0.476. The van der Waals surface area contributed by atoms with E-state index in [0.29, 0.717) is 6.54 Å². The molecule has 0 aromatic rings. The van der Waals surface area contributed by atoms with Gasteiger partial charge in [-0.25, -0.2) is 4.79 Å². The zero-order chi connectivity index (χ0) is 13.7. The van der Waals surface area contributed by atoms with Gasteiger partial charge in [0.15, 0.2) is 0 Å². The molecule has 0 aliphatic heterocycles. The van der Waals surface area contributed by atoms with Crippen molar-refractivity contribution in [1.82, 2.24) is 10.6 Å². The van der Waals surface area contributed by atoms with Gasteiger partial charge >= 0.3 is 6.09 Å². The largest absolute Gasteiger partial charge is 0.444 e. The van der Waals surface area contributed by atoms with E-state index >= 15 is 0 Å². The lowest BCUT2D eigenvalue weighted by molar-refractivity contribution is 0.0463. The first-order chi connectivity index (χ1) is 7.59. The fourth-order valence-electron chi connectivity index (χ4n) is 1.55. The SMILES string of the molecule is CNC(CN)CC(C)(C)NC(=O)OC(C)(C)C. The third-order valence-corrected chi connectivity index (χ3v) is 2.29. The van der Waals surface area contributed by atoms with Gasteiger partial charge in [0.05, 0.1) is 0 Å². The van der Waals surface area contributed by atoms with E-state index in [1.165, 1.54) is 0 Å². The minimum absolute atomic E-state index is 0.180. The molecular formula is C12H27N3O2. The summed E-state index contributed by atoms with van der Waals surface area (Å²) in [5.74, 6) is 0. The molecule has 0 spiro atoms. The van der Waals surface area contributed by atoms with Crippen LogP contribution >= 0.6 is 0 Å². The number of ether oxygens (including phenoxy) is 1. The van der Waals surface area contributed by atoms with Crippen LogP contribution in [0.4, 0.5) is 4.79 Å². The van der Waals surface area contributed by atoms with E-state index in [1.807, 2.05) is 41.7 Å². The molecule has 0 fully saturated rings. The smallest absolute Gasteiger partial charge is 0.408 e. The second kappa shape index (κ2) is 6.21. The second-order valence-corrected chi connectivity index (χ2v) is 5.94. The molecule has 0 aliphatic carbocycles. The molecule has 5 nitrogen and oxygen atoms in total. The highest BCUT2D eigenvalue weighted by Gasteiger charge is 2.26. The number of carbonyl (C=O) groups is 1. The van der Waals surface area contributed by atoms with Crippen LogP contribution in [-0.2, 0) is 4.74 Å². The Morgan fingerprint density at radius 3 is 2.18 bits per heavy atom.